The van der Waals surface area contributed by atoms with Crippen molar-refractivity contribution in [3.8, 4) is 0 Å². The third kappa shape index (κ3) is 27.9. The molecule has 0 aliphatic rings. The monoisotopic (exact) mass is 1090 g/mol. The fraction of sp³-hybridized carbons (Fsp3) is 1.00. The minimum absolute atomic E-state index is 1.96. The first-order valence-electron chi connectivity index (χ1n) is 18.9. The van der Waals surface area contributed by atoms with Crippen molar-refractivity contribution in [3.05, 3.63) is 0 Å². The minimum atomic E-state index is -6.10. The van der Waals surface area contributed by atoms with E-state index in [0.717, 1.165) is 0 Å². The Morgan fingerprint density at radius 1 is 0.189 bits per heavy atom. The molecule has 0 amide bonds. The summed E-state index contributed by atoms with van der Waals surface area (Å²) >= 11 is -6.10. The van der Waals surface area contributed by atoms with Gasteiger partial charge in [-0.1, -0.05) is 0 Å². The molecule has 0 aliphatic carbocycles. The van der Waals surface area contributed by atoms with Crippen molar-refractivity contribution >= 4 is 102 Å². The van der Waals surface area contributed by atoms with Crippen LogP contribution in [0.1, 0.15) is 0 Å². The van der Waals surface area contributed by atoms with Crippen molar-refractivity contribution < 1.29 is 71.2 Å². The van der Waals surface area contributed by atoms with Crippen molar-refractivity contribution in [2.24, 2.45) is 0 Å². The third-order valence-electron chi connectivity index (χ3n) is 5.17. The maximum atomic E-state index is 7.59. The molecule has 0 heterocycles. The van der Waals surface area contributed by atoms with Crippen molar-refractivity contribution in [2.75, 3.05) is 0 Å². The summed E-state index contributed by atoms with van der Waals surface area (Å²) in [5, 5.41) is 0. The summed E-state index contributed by atoms with van der Waals surface area (Å²) in [6.45, 7) is 59.2. The van der Waals surface area contributed by atoms with Gasteiger partial charge >= 0.3 is 356 Å². The molecule has 0 fully saturated rings. The fourth-order valence-corrected chi connectivity index (χ4v) is 81.2. The Labute approximate surface area is 352 Å². The molecule has 0 aromatic heterocycles. The van der Waals surface area contributed by atoms with Gasteiger partial charge in [0.05, 0.1) is 0 Å². The summed E-state index contributed by atoms with van der Waals surface area (Å²) < 4.78 is 86.7. The van der Waals surface area contributed by atoms with Crippen LogP contribution in [0.4, 0.5) is 0 Å². The Kier molecular flexibility index (Phi) is 20.1. The first-order valence-corrected chi connectivity index (χ1v) is 60.2. The second-order valence-electron chi connectivity index (χ2n) is 22.1. The zero-order chi connectivity index (χ0) is 43.0. The standard InChI is InChI=1S/4C7H21O3Si3.Ce/c4*1-11(2,3)9-13(7,8)10-12(4,5)6;/h4*1-7H3;/q4*-1;+4. The van der Waals surface area contributed by atoms with E-state index in [1.165, 1.54) is 0 Å². The van der Waals surface area contributed by atoms with Gasteiger partial charge in [-0.05, 0) is 0 Å². The molecule has 53 heavy (non-hydrogen) atoms. The molecule has 0 saturated carbocycles. The first kappa shape index (κ1) is 56.5. The fourth-order valence-electron chi connectivity index (χ4n) is 5.73. The van der Waals surface area contributed by atoms with Crippen LogP contribution in [0.15, 0.2) is 0 Å². The number of rotatable bonds is 24. The van der Waals surface area contributed by atoms with Gasteiger partial charge in [-0.15, -0.1) is 0 Å². The normalized spacial score (nSPS) is 16.1. The molecule has 0 aromatic rings. The quantitative estimate of drug-likeness (QED) is 0.0858. The molecule has 0 spiro atoms. The molecule has 25 heteroatoms. The first-order chi connectivity index (χ1) is 22.5. The maximum absolute atomic E-state index is 7.59. The molecule has 12 nitrogen and oxygen atoms in total. The molecule has 0 aromatic carbocycles. The summed E-state index contributed by atoms with van der Waals surface area (Å²) in [4.78, 5) is 0. The average Bonchev–Trinajstić information content (AvgIpc) is 2.58. The van der Waals surface area contributed by atoms with Crippen molar-refractivity contribution in [1.82, 2.24) is 0 Å². The SMILES string of the molecule is C[Si](C)(C)O[Si](C)(O[Si](C)(C)C)[O][Ce]([O][Si](C)(O[Si](C)(C)C)O[Si](C)(C)C)([O][Si](C)(O[Si](C)(C)C)O[Si](C)(C)C)[O][Si](C)(O[Si](C)(C)C)O[Si](C)(C)C. The average molecular weight is 1090 g/mol. The zero-order valence-electron chi connectivity index (χ0n) is 39.4. The molecule has 0 unspecified atom stereocenters. The molecule has 0 rings (SSSR count). The van der Waals surface area contributed by atoms with Gasteiger partial charge in [-0.3, -0.25) is 0 Å². The van der Waals surface area contributed by atoms with Crippen molar-refractivity contribution in [3.63, 3.8) is 0 Å². The van der Waals surface area contributed by atoms with Crippen molar-refractivity contribution in [1.29, 1.82) is 0 Å². The Bertz CT molecular complexity index is 920. The van der Waals surface area contributed by atoms with Gasteiger partial charge in [0.1, 0.15) is 0 Å². The molecular formula is C28H84CeO12Si12. The summed E-state index contributed by atoms with van der Waals surface area (Å²) in [5.41, 5.74) is 0. The molecule has 320 valence electrons. The Balaban J connectivity index is 8.77. The van der Waals surface area contributed by atoms with E-state index in [-0.39, 0.29) is 0 Å². The molecule has 0 saturated heterocycles. The van der Waals surface area contributed by atoms with E-state index < -0.39 is 138 Å². The Hall–Kier alpha value is 3.50. The summed E-state index contributed by atoms with van der Waals surface area (Å²) in [6.07, 6.45) is 0. The third-order valence-corrected chi connectivity index (χ3v) is 62.5. The van der Waals surface area contributed by atoms with Crippen LogP contribution in [0.25, 0.3) is 0 Å². The van der Waals surface area contributed by atoms with Crippen LogP contribution < -0.4 is 0 Å². The molecule has 0 radical (unpaired) electrons. The molecule has 0 atom stereocenters. The number of hydrogen-bond donors (Lipinski definition) is 0. The Morgan fingerprint density at radius 3 is 0.358 bits per heavy atom. The molecule has 0 bridgehead atoms. The van der Waals surface area contributed by atoms with Gasteiger partial charge < -0.3 is 0 Å². The predicted molar refractivity (Wildman–Crippen MR) is 246 cm³/mol. The second-order valence-corrected chi connectivity index (χ2v) is 81.0. The van der Waals surface area contributed by atoms with E-state index in [2.05, 4.69) is 157 Å². The summed E-state index contributed by atoms with van der Waals surface area (Å²) in [7, 11) is -33.1. The summed E-state index contributed by atoms with van der Waals surface area (Å²) in [5.74, 6) is 0. The van der Waals surface area contributed by atoms with E-state index >= 15 is 0 Å². The molecule has 0 aliphatic heterocycles. The van der Waals surface area contributed by atoms with Gasteiger partial charge in [0.15, 0.2) is 0 Å². The topological polar surface area (TPSA) is 111 Å². The zero-order valence-corrected chi connectivity index (χ0v) is 54.5. The van der Waals surface area contributed by atoms with E-state index in [1.807, 2.05) is 26.2 Å². The van der Waals surface area contributed by atoms with Crippen LogP contribution in [-0.2, 0) is 35.5 Å². The van der Waals surface area contributed by atoms with Crippen LogP contribution in [0.5, 0.6) is 0 Å². The van der Waals surface area contributed by atoms with Gasteiger partial charge in [-0.2, -0.15) is 0 Å². The Morgan fingerprint density at radius 2 is 0.283 bits per heavy atom. The van der Waals surface area contributed by atoms with Crippen LogP contribution >= 0.6 is 0 Å². The van der Waals surface area contributed by atoms with Gasteiger partial charge in [0.25, 0.3) is 0 Å². The van der Waals surface area contributed by atoms with Crippen LogP contribution in [-0.4, -0.2) is 102 Å². The van der Waals surface area contributed by atoms with Crippen LogP contribution in [0, 0.1) is 35.8 Å². The molecular weight excluding hydrogens is 1010 g/mol. The van der Waals surface area contributed by atoms with E-state index in [4.69, 9.17) is 35.5 Å². The molecule has 0 N–H and O–H groups in total. The van der Waals surface area contributed by atoms with Crippen LogP contribution in [0.2, 0.25) is 183 Å². The van der Waals surface area contributed by atoms with Crippen LogP contribution in [0.3, 0.4) is 0 Å². The van der Waals surface area contributed by atoms with E-state index in [1.54, 1.807) is 0 Å². The second kappa shape index (κ2) is 18.9. The van der Waals surface area contributed by atoms with E-state index in [9.17, 15) is 0 Å². The number of hydrogen-bond acceptors (Lipinski definition) is 12. The van der Waals surface area contributed by atoms with Crippen molar-refractivity contribution in [2.45, 2.75) is 183 Å². The predicted octanol–water partition coefficient (Wildman–Crippen LogP) is 11.0. The summed E-state index contributed by atoms with van der Waals surface area (Å²) in [6, 6.07) is 0. The van der Waals surface area contributed by atoms with E-state index in [0.29, 0.717) is 0 Å². The van der Waals surface area contributed by atoms with Gasteiger partial charge in [-0.25, -0.2) is 0 Å². The van der Waals surface area contributed by atoms with Gasteiger partial charge in [0.2, 0.25) is 0 Å². The van der Waals surface area contributed by atoms with Gasteiger partial charge in [0, 0.05) is 0 Å².